The molecule has 0 saturated heterocycles. The number of amides is 2. The lowest BCUT2D eigenvalue weighted by Gasteiger charge is -1.97. The van der Waals surface area contributed by atoms with Crippen LogP contribution in [0.2, 0.25) is 0 Å². The van der Waals surface area contributed by atoms with E-state index in [1.54, 1.807) is 12.3 Å². The summed E-state index contributed by atoms with van der Waals surface area (Å²) < 4.78 is 0. The molecule has 4 nitrogen and oxygen atoms in total. The molecule has 4 heteroatoms. The average molecular weight is 139 g/mol. The van der Waals surface area contributed by atoms with Crippen molar-refractivity contribution in [1.82, 2.24) is 4.98 Å². The van der Waals surface area contributed by atoms with E-state index in [4.69, 9.17) is 5.73 Å². The highest BCUT2D eigenvalue weighted by Gasteiger charge is 1.98. The summed E-state index contributed by atoms with van der Waals surface area (Å²) in [7, 11) is 0. The molecule has 0 aliphatic rings. The summed E-state index contributed by atoms with van der Waals surface area (Å²) in [6.45, 7) is 1.85. The van der Waals surface area contributed by atoms with Gasteiger partial charge in [0.2, 0.25) is 0 Å². The molecule has 0 aliphatic heterocycles. The minimum absolute atomic E-state index is 0.539. The maximum absolute atomic E-state index is 10.3. The second-order valence-electron chi connectivity index (χ2n) is 2.01. The van der Waals surface area contributed by atoms with Gasteiger partial charge < -0.3 is 16.0 Å². The number of aromatic nitrogens is 1. The molecule has 0 unspecified atom stereocenters. The molecule has 0 atom stereocenters. The quantitative estimate of drug-likeness (QED) is 0.529. The number of hydrogen-bond donors (Lipinski definition) is 3. The Balaban J connectivity index is 2.74. The number of urea groups is 1. The van der Waals surface area contributed by atoms with Crippen molar-refractivity contribution >= 4 is 11.7 Å². The van der Waals surface area contributed by atoms with E-state index >= 15 is 0 Å². The fraction of sp³-hybridized carbons (Fsp3) is 0.167. The summed E-state index contributed by atoms with van der Waals surface area (Å²) in [5.41, 5.74) is 6.52. The molecule has 0 fully saturated rings. The number of anilines is 1. The fourth-order valence-electron chi connectivity index (χ4n) is 0.721. The largest absolute Gasteiger partial charge is 0.363 e. The molecule has 1 aromatic heterocycles. The lowest BCUT2D eigenvalue weighted by Crippen LogP contribution is -2.19. The van der Waals surface area contributed by atoms with Gasteiger partial charge >= 0.3 is 6.03 Å². The Morgan fingerprint density at radius 1 is 1.80 bits per heavy atom. The Morgan fingerprint density at radius 3 is 2.90 bits per heavy atom. The summed E-state index contributed by atoms with van der Waals surface area (Å²) in [5.74, 6) is 0. The normalized spacial score (nSPS) is 9.30. The SMILES string of the molecule is Cc1[nH]ccc1NC(N)=O. The van der Waals surface area contributed by atoms with Gasteiger partial charge in [0.15, 0.2) is 0 Å². The maximum Gasteiger partial charge on any atom is 0.316 e. The van der Waals surface area contributed by atoms with Gasteiger partial charge in [0, 0.05) is 11.9 Å². The Bertz CT molecular complexity index is 241. The molecule has 0 saturated carbocycles. The zero-order chi connectivity index (χ0) is 7.56. The van der Waals surface area contributed by atoms with Crippen molar-refractivity contribution in [3.8, 4) is 0 Å². The molecule has 1 aromatic rings. The molecule has 0 bridgehead atoms. The number of nitrogens with one attached hydrogen (secondary N) is 2. The first-order chi connectivity index (χ1) is 4.70. The van der Waals surface area contributed by atoms with Crippen LogP contribution in [-0.2, 0) is 0 Å². The van der Waals surface area contributed by atoms with Crippen LogP contribution in [0.4, 0.5) is 10.5 Å². The van der Waals surface area contributed by atoms with Crippen LogP contribution < -0.4 is 11.1 Å². The third-order valence-corrected chi connectivity index (χ3v) is 1.21. The van der Waals surface area contributed by atoms with Crippen molar-refractivity contribution in [2.24, 2.45) is 5.73 Å². The van der Waals surface area contributed by atoms with Crippen molar-refractivity contribution in [1.29, 1.82) is 0 Å². The number of hydrogen-bond acceptors (Lipinski definition) is 1. The number of H-pyrrole nitrogens is 1. The predicted octanol–water partition coefficient (Wildman–Crippen LogP) is 0.814. The van der Waals surface area contributed by atoms with Gasteiger partial charge in [0.1, 0.15) is 0 Å². The Labute approximate surface area is 58.4 Å². The molecule has 1 heterocycles. The molecule has 0 aliphatic carbocycles. The highest BCUT2D eigenvalue weighted by atomic mass is 16.2. The fourth-order valence-corrected chi connectivity index (χ4v) is 0.721. The molecule has 0 spiro atoms. The summed E-state index contributed by atoms with van der Waals surface area (Å²) in [6, 6.07) is 1.21. The van der Waals surface area contributed by atoms with Crippen LogP contribution in [0.15, 0.2) is 12.3 Å². The van der Waals surface area contributed by atoms with Crippen LogP contribution in [-0.4, -0.2) is 11.0 Å². The van der Waals surface area contributed by atoms with Gasteiger partial charge in [0.25, 0.3) is 0 Å². The van der Waals surface area contributed by atoms with Crippen molar-refractivity contribution < 1.29 is 4.79 Å². The van der Waals surface area contributed by atoms with E-state index in [9.17, 15) is 4.79 Å². The minimum Gasteiger partial charge on any atom is -0.363 e. The van der Waals surface area contributed by atoms with E-state index in [-0.39, 0.29) is 0 Å². The Hall–Kier alpha value is -1.45. The monoisotopic (exact) mass is 139 g/mol. The summed E-state index contributed by atoms with van der Waals surface area (Å²) >= 11 is 0. The number of aromatic amines is 1. The van der Waals surface area contributed by atoms with Crippen molar-refractivity contribution in [2.45, 2.75) is 6.92 Å². The first-order valence-corrected chi connectivity index (χ1v) is 2.90. The molecule has 10 heavy (non-hydrogen) atoms. The Kier molecular flexibility index (Phi) is 1.62. The smallest absolute Gasteiger partial charge is 0.316 e. The Morgan fingerprint density at radius 2 is 2.50 bits per heavy atom. The van der Waals surface area contributed by atoms with Crippen LogP contribution in [0.5, 0.6) is 0 Å². The van der Waals surface area contributed by atoms with Gasteiger partial charge in [0.05, 0.1) is 5.69 Å². The molecular weight excluding hydrogens is 130 g/mol. The lowest BCUT2D eigenvalue weighted by atomic mass is 10.4. The molecule has 0 radical (unpaired) electrons. The molecule has 1 rings (SSSR count). The van der Waals surface area contributed by atoms with Crippen molar-refractivity contribution in [3.05, 3.63) is 18.0 Å². The molecule has 2 amide bonds. The van der Waals surface area contributed by atoms with E-state index in [0.29, 0.717) is 0 Å². The second kappa shape index (κ2) is 2.43. The van der Waals surface area contributed by atoms with E-state index in [1.807, 2.05) is 6.92 Å². The summed E-state index contributed by atoms with van der Waals surface area (Å²) in [6.07, 6.45) is 1.74. The van der Waals surface area contributed by atoms with Gasteiger partial charge in [-0.1, -0.05) is 0 Å². The average Bonchev–Trinajstić information content (AvgIpc) is 2.15. The highest BCUT2D eigenvalue weighted by molar-refractivity contribution is 5.88. The molecular formula is C6H9N3O. The second-order valence-corrected chi connectivity index (χ2v) is 2.01. The van der Waals surface area contributed by atoms with Crippen molar-refractivity contribution in [3.63, 3.8) is 0 Å². The number of carbonyl (C=O) groups excluding carboxylic acids is 1. The first-order valence-electron chi connectivity index (χ1n) is 2.90. The van der Waals surface area contributed by atoms with E-state index in [2.05, 4.69) is 10.3 Å². The third-order valence-electron chi connectivity index (χ3n) is 1.21. The number of rotatable bonds is 1. The third kappa shape index (κ3) is 1.28. The van der Waals surface area contributed by atoms with E-state index in [0.717, 1.165) is 11.4 Å². The first kappa shape index (κ1) is 6.67. The van der Waals surface area contributed by atoms with Gasteiger partial charge in [-0.25, -0.2) is 4.79 Å². The maximum atomic E-state index is 10.3. The van der Waals surface area contributed by atoms with E-state index in [1.165, 1.54) is 0 Å². The highest BCUT2D eigenvalue weighted by Crippen LogP contribution is 2.10. The molecule has 4 N–H and O–H groups in total. The van der Waals surface area contributed by atoms with Crippen LogP contribution in [0.1, 0.15) is 5.69 Å². The number of nitrogens with two attached hydrogens (primary N) is 1. The van der Waals surface area contributed by atoms with Gasteiger partial charge in [-0.2, -0.15) is 0 Å². The number of primary amides is 1. The van der Waals surface area contributed by atoms with Crippen LogP contribution in [0.3, 0.4) is 0 Å². The minimum atomic E-state index is -0.539. The number of aryl methyl sites for hydroxylation is 1. The van der Waals surface area contributed by atoms with Crippen LogP contribution in [0, 0.1) is 6.92 Å². The number of carbonyl (C=O) groups is 1. The predicted molar refractivity (Wildman–Crippen MR) is 38.7 cm³/mol. The van der Waals surface area contributed by atoms with Gasteiger partial charge in [-0.05, 0) is 13.0 Å². The molecule has 54 valence electrons. The van der Waals surface area contributed by atoms with Crippen LogP contribution in [0.25, 0.3) is 0 Å². The van der Waals surface area contributed by atoms with Crippen molar-refractivity contribution in [2.75, 3.05) is 5.32 Å². The van der Waals surface area contributed by atoms with Gasteiger partial charge in [-0.3, -0.25) is 0 Å². The zero-order valence-electron chi connectivity index (χ0n) is 5.64. The van der Waals surface area contributed by atoms with Gasteiger partial charge in [-0.15, -0.1) is 0 Å². The lowest BCUT2D eigenvalue weighted by molar-refractivity contribution is 0.259. The zero-order valence-corrected chi connectivity index (χ0v) is 5.64. The van der Waals surface area contributed by atoms with E-state index < -0.39 is 6.03 Å². The molecule has 0 aromatic carbocycles. The standard InChI is InChI=1S/C6H9N3O/c1-4-5(2-3-8-4)9-6(7)10/h2-3,8H,1H3,(H3,7,9,10). The summed E-state index contributed by atoms with van der Waals surface area (Å²) in [4.78, 5) is 13.2. The van der Waals surface area contributed by atoms with Crippen LogP contribution >= 0.6 is 0 Å². The summed E-state index contributed by atoms with van der Waals surface area (Å²) in [5, 5.41) is 2.46. The topological polar surface area (TPSA) is 70.9 Å².